The molecule has 0 saturated heterocycles. The molecule has 0 aliphatic heterocycles. The maximum atomic E-state index is 11.8. The Balaban J connectivity index is 1.94. The minimum atomic E-state index is -0.309. The molecule has 0 atom stereocenters. The summed E-state index contributed by atoms with van der Waals surface area (Å²) < 4.78 is 5.26. The first-order valence-electron chi connectivity index (χ1n) is 10.8. The molecule has 0 fully saturated rings. The molecule has 0 amide bonds. The quantitative estimate of drug-likeness (QED) is 0.186. The van der Waals surface area contributed by atoms with Gasteiger partial charge in [0.05, 0.1) is 5.56 Å². The Morgan fingerprint density at radius 1 is 1.04 bits per heavy atom. The van der Waals surface area contributed by atoms with Crippen molar-refractivity contribution in [2.24, 2.45) is 5.92 Å². The standard InChI is InChI=1S/C24H39NO2/c1-21(2)14-11-9-7-5-4-6-8-10-12-15-22(3)17-19-27-24(26)23-16-13-18-25-20-23/h13,16-18,20-21H,4-12,14-15,19H2,1-3H3/b22-17+. The van der Waals surface area contributed by atoms with Gasteiger partial charge in [-0.15, -0.1) is 0 Å². The van der Waals surface area contributed by atoms with Crippen molar-refractivity contribution >= 4 is 5.97 Å². The summed E-state index contributed by atoms with van der Waals surface area (Å²) in [4.78, 5) is 15.7. The molecular weight excluding hydrogens is 334 g/mol. The molecular formula is C24H39NO2. The maximum Gasteiger partial charge on any atom is 0.340 e. The highest BCUT2D eigenvalue weighted by Gasteiger charge is 2.05. The molecule has 0 radical (unpaired) electrons. The summed E-state index contributed by atoms with van der Waals surface area (Å²) in [5.41, 5.74) is 1.81. The first-order chi connectivity index (χ1) is 13.1. The van der Waals surface area contributed by atoms with E-state index >= 15 is 0 Å². The number of esters is 1. The Morgan fingerprint density at radius 2 is 1.67 bits per heavy atom. The van der Waals surface area contributed by atoms with Crippen molar-refractivity contribution in [1.82, 2.24) is 4.98 Å². The van der Waals surface area contributed by atoms with E-state index in [1.165, 1.54) is 76.0 Å². The van der Waals surface area contributed by atoms with Crippen LogP contribution in [-0.4, -0.2) is 17.6 Å². The van der Waals surface area contributed by atoms with Crippen LogP contribution in [0.15, 0.2) is 36.2 Å². The minimum absolute atomic E-state index is 0.309. The molecule has 152 valence electrons. The largest absolute Gasteiger partial charge is 0.458 e. The zero-order chi connectivity index (χ0) is 19.7. The van der Waals surface area contributed by atoms with Crippen molar-refractivity contribution in [3.63, 3.8) is 0 Å². The first-order valence-corrected chi connectivity index (χ1v) is 10.8. The summed E-state index contributed by atoms with van der Waals surface area (Å²) in [6, 6.07) is 3.46. The van der Waals surface area contributed by atoms with Crippen molar-refractivity contribution in [2.45, 2.75) is 91.4 Å². The van der Waals surface area contributed by atoms with E-state index in [9.17, 15) is 4.79 Å². The molecule has 0 saturated carbocycles. The molecule has 1 aromatic rings. The fourth-order valence-corrected chi connectivity index (χ4v) is 3.12. The highest BCUT2D eigenvalue weighted by Crippen LogP contribution is 2.14. The van der Waals surface area contributed by atoms with Crippen LogP contribution in [0.25, 0.3) is 0 Å². The Labute approximate surface area is 166 Å². The molecule has 0 aliphatic rings. The Morgan fingerprint density at radius 3 is 2.26 bits per heavy atom. The van der Waals surface area contributed by atoms with Gasteiger partial charge in [0.2, 0.25) is 0 Å². The normalized spacial score (nSPS) is 11.8. The number of ether oxygens (including phenoxy) is 1. The van der Waals surface area contributed by atoms with E-state index in [-0.39, 0.29) is 5.97 Å². The summed E-state index contributed by atoms with van der Waals surface area (Å²) in [6.07, 6.45) is 19.9. The van der Waals surface area contributed by atoms with Crippen LogP contribution in [0.4, 0.5) is 0 Å². The number of unbranched alkanes of at least 4 members (excludes halogenated alkanes) is 8. The van der Waals surface area contributed by atoms with Crippen LogP contribution in [0.5, 0.6) is 0 Å². The molecule has 3 nitrogen and oxygen atoms in total. The highest BCUT2D eigenvalue weighted by atomic mass is 16.5. The Bertz CT molecular complexity index is 522. The van der Waals surface area contributed by atoms with Gasteiger partial charge in [0.15, 0.2) is 0 Å². The second kappa shape index (κ2) is 15.4. The fourth-order valence-electron chi connectivity index (χ4n) is 3.12. The lowest BCUT2D eigenvalue weighted by molar-refractivity contribution is 0.0548. The van der Waals surface area contributed by atoms with Crippen LogP contribution < -0.4 is 0 Å². The van der Waals surface area contributed by atoms with E-state index in [0.29, 0.717) is 12.2 Å². The van der Waals surface area contributed by atoms with Crippen LogP contribution in [0.1, 0.15) is 102 Å². The number of rotatable bonds is 15. The molecule has 3 heteroatoms. The number of nitrogens with zero attached hydrogens (tertiary/aromatic N) is 1. The van der Waals surface area contributed by atoms with Gasteiger partial charge in [0.1, 0.15) is 6.61 Å². The van der Waals surface area contributed by atoms with E-state index in [1.807, 2.05) is 6.08 Å². The lowest BCUT2D eigenvalue weighted by Crippen LogP contribution is -2.05. The lowest BCUT2D eigenvalue weighted by atomic mass is 10.0. The van der Waals surface area contributed by atoms with Gasteiger partial charge < -0.3 is 4.74 Å². The predicted molar refractivity (Wildman–Crippen MR) is 114 cm³/mol. The van der Waals surface area contributed by atoms with Gasteiger partial charge in [0, 0.05) is 12.4 Å². The first kappa shape index (κ1) is 23.4. The maximum absolute atomic E-state index is 11.8. The molecule has 1 aromatic heterocycles. The van der Waals surface area contributed by atoms with Gasteiger partial charge in [-0.05, 0) is 43.9 Å². The van der Waals surface area contributed by atoms with Gasteiger partial charge in [-0.25, -0.2) is 4.79 Å². The summed E-state index contributed by atoms with van der Waals surface area (Å²) in [5, 5.41) is 0. The van der Waals surface area contributed by atoms with E-state index in [4.69, 9.17) is 4.74 Å². The van der Waals surface area contributed by atoms with Crippen LogP contribution in [0, 0.1) is 5.92 Å². The number of pyridine rings is 1. The van der Waals surface area contributed by atoms with Crippen molar-refractivity contribution in [2.75, 3.05) is 6.61 Å². The Kier molecular flexibility index (Phi) is 13.4. The number of allylic oxidation sites excluding steroid dienone is 1. The number of carbonyl (C=O) groups is 1. The van der Waals surface area contributed by atoms with Gasteiger partial charge in [-0.3, -0.25) is 4.98 Å². The van der Waals surface area contributed by atoms with E-state index < -0.39 is 0 Å². The monoisotopic (exact) mass is 373 g/mol. The van der Waals surface area contributed by atoms with E-state index in [1.54, 1.807) is 18.3 Å². The van der Waals surface area contributed by atoms with E-state index in [0.717, 1.165) is 12.3 Å². The molecule has 1 heterocycles. The van der Waals surface area contributed by atoms with Crippen LogP contribution in [0.3, 0.4) is 0 Å². The zero-order valence-corrected chi connectivity index (χ0v) is 17.7. The van der Waals surface area contributed by atoms with Gasteiger partial charge >= 0.3 is 5.97 Å². The molecule has 0 bridgehead atoms. The number of hydrogen-bond acceptors (Lipinski definition) is 3. The molecule has 0 spiro atoms. The predicted octanol–water partition coefficient (Wildman–Crippen LogP) is 7.13. The van der Waals surface area contributed by atoms with E-state index in [2.05, 4.69) is 25.8 Å². The molecule has 0 N–H and O–H groups in total. The minimum Gasteiger partial charge on any atom is -0.458 e. The zero-order valence-electron chi connectivity index (χ0n) is 17.7. The number of carbonyl (C=O) groups excluding carboxylic acids is 1. The van der Waals surface area contributed by atoms with Crippen molar-refractivity contribution in [1.29, 1.82) is 0 Å². The average Bonchev–Trinajstić information content (AvgIpc) is 2.66. The molecule has 27 heavy (non-hydrogen) atoms. The summed E-state index contributed by atoms with van der Waals surface area (Å²) in [7, 11) is 0. The van der Waals surface area contributed by atoms with Crippen LogP contribution in [0.2, 0.25) is 0 Å². The average molecular weight is 374 g/mol. The molecule has 0 aromatic carbocycles. The number of aromatic nitrogens is 1. The fraction of sp³-hybridized carbons (Fsp3) is 0.667. The van der Waals surface area contributed by atoms with Gasteiger partial charge in [0.25, 0.3) is 0 Å². The topological polar surface area (TPSA) is 39.2 Å². The smallest absolute Gasteiger partial charge is 0.340 e. The SMILES string of the molecule is C/C(=C\COC(=O)c1cccnc1)CCCCCCCCCCCC(C)C. The van der Waals surface area contributed by atoms with Crippen LogP contribution in [-0.2, 0) is 4.74 Å². The van der Waals surface area contributed by atoms with Crippen molar-refractivity contribution in [3.05, 3.63) is 41.7 Å². The summed E-state index contributed by atoms with van der Waals surface area (Å²) in [6.45, 7) is 7.09. The molecule has 0 aliphatic carbocycles. The van der Waals surface area contributed by atoms with Crippen molar-refractivity contribution in [3.8, 4) is 0 Å². The second-order valence-corrected chi connectivity index (χ2v) is 8.01. The highest BCUT2D eigenvalue weighted by molar-refractivity contribution is 5.88. The second-order valence-electron chi connectivity index (χ2n) is 8.01. The van der Waals surface area contributed by atoms with Gasteiger partial charge in [-0.1, -0.05) is 77.2 Å². The number of hydrogen-bond donors (Lipinski definition) is 0. The Hall–Kier alpha value is -1.64. The van der Waals surface area contributed by atoms with Crippen molar-refractivity contribution < 1.29 is 9.53 Å². The van der Waals surface area contributed by atoms with Crippen LogP contribution >= 0.6 is 0 Å². The molecule has 0 unspecified atom stereocenters. The third kappa shape index (κ3) is 13.2. The summed E-state index contributed by atoms with van der Waals surface area (Å²) in [5.74, 6) is 0.548. The third-order valence-electron chi connectivity index (χ3n) is 4.90. The van der Waals surface area contributed by atoms with Gasteiger partial charge in [-0.2, -0.15) is 0 Å². The third-order valence-corrected chi connectivity index (χ3v) is 4.90. The lowest BCUT2D eigenvalue weighted by Gasteiger charge is -2.05. The molecule has 1 rings (SSSR count). The summed E-state index contributed by atoms with van der Waals surface area (Å²) >= 11 is 0.